The van der Waals surface area contributed by atoms with E-state index in [0.717, 1.165) is 24.6 Å². The first-order valence-electron chi connectivity index (χ1n) is 7.11. The summed E-state index contributed by atoms with van der Waals surface area (Å²) < 4.78 is 10.6. The van der Waals surface area contributed by atoms with Crippen LogP contribution in [0, 0.1) is 13.8 Å². The van der Waals surface area contributed by atoms with Crippen LogP contribution in [0.5, 0.6) is 11.5 Å². The van der Waals surface area contributed by atoms with Gasteiger partial charge in [0.2, 0.25) is 0 Å². The molecule has 0 amide bonds. The number of benzene rings is 2. The van der Waals surface area contributed by atoms with E-state index in [1.165, 1.54) is 22.3 Å². The summed E-state index contributed by atoms with van der Waals surface area (Å²) in [4.78, 5) is 0. The molecule has 0 radical (unpaired) electrons. The largest absolute Gasteiger partial charge is 0.493 e. The molecule has 21 heavy (non-hydrogen) atoms. The number of methoxy groups -OCH3 is 2. The molecule has 2 aromatic carbocycles. The topological polar surface area (TPSA) is 30.5 Å². The molecule has 0 unspecified atom stereocenters. The van der Waals surface area contributed by atoms with Gasteiger partial charge in [-0.3, -0.25) is 0 Å². The van der Waals surface area contributed by atoms with Gasteiger partial charge in [-0.2, -0.15) is 0 Å². The van der Waals surface area contributed by atoms with E-state index in [-0.39, 0.29) is 0 Å². The van der Waals surface area contributed by atoms with E-state index < -0.39 is 0 Å². The Morgan fingerprint density at radius 3 is 2.00 bits per heavy atom. The quantitative estimate of drug-likeness (QED) is 0.879. The van der Waals surface area contributed by atoms with Crippen molar-refractivity contribution in [2.45, 2.75) is 26.9 Å². The summed E-state index contributed by atoms with van der Waals surface area (Å²) in [6, 6.07) is 12.6. The van der Waals surface area contributed by atoms with Crippen molar-refractivity contribution >= 4 is 0 Å². The van der Waals surface area contributed by atoms with Crippen LogP contribution in [0.4, 0.5) is 0 Å². The molecular weight excluding hydrogens is 262 g/mol. The number of nitrogens with one attached hydrogen (secondary N) is 1. The summed E-state index contributed by atoms with van der Waals surface area (Å²) in [6.07, 6.45) is 0. The number of rotatable bonds is 6. The van der Waals surface area contributed by atoms with Crippen LogP contribution in [0.15, 0.2) is 36.4 Å². The van der Waals surface area contributed by atoms with Crippen molar-refractivity contribution in [2.24, 2.45) is 0 Å². The van der Waals surface area contributed by atoms with Gasteiger partial charge in [0.1, 0.15) is 0 Å². The normalized spacial score (nSPS) is 10.5. The fourth-order valence-electron chi connectivity index (χ4n) is 2.51. The Bertz CT molecular complexity index is 588. The summed E-state index contributed by atoms with van der Waals surface area (Å²) >= 11 is 0. The van der Waals surface area contributed by atoms with Crippen LogP contribution in [0.3, 0.4) is 0 Å². The monoisotopic (exact) mass is 285 g/mol. The zero-order valence-corrected chi connectivity index (χ0v) is 13.2. The van der Waals surface area contributed by atoms with Gasteiger partial charge in [0, 0.05) is 13.1 Å². The second-order valence-electron chi connectivity index (χ2n) is 5.29. The van der Waals surface area contributed by atoms with Crippen molar-refractivity contribution in [1.82, 2.24) is 5.32 Å². The molecule has 0 aliphatic carbocycles. The Morgan fingerprint density at radius 2 is 1.38 bits per heavy atom. The maximum Gasteiger partial charge on any atom is 0.161 e. The highest BCUT2D eigenvalue weighted by Crippen LogP contribution is 2.27. The highest BCUT2D eigenvalue weighted by atomic mass is 16.5. The molecule has 0 heterocycles. The summed E-state index contributed by atoms with van der Waals surface area (Å²) in [5.74, 6) is 1.53. The molecule has 0 atom stereocenters. The van der Waals surface area contributed by atoms with Gasteiger partial charge in [0.05, 0.1) is 14.2 Å². The highest BCUT2D eigenvalue weighted by Gasteiger charge is 2.04. The lowest BCUT2D eigenvalue weighted by atomic mass is 10.1. The molecule has 0 aromatic heterocycles. The zero-order valence-electron chi connectivity index (χ0n) is 13.2. The van der Waals surface area contributed by atoms with Crippen LogP contribution >= 0.6 is 0 Å². The molecule has 0 spiro atoms. The minimum atomic E-state index is 0.760. The van der Waals surface area contributed by atoms with Crippen molar-refractivity contribution in [1.29, 1.82) is 0 Å². The van der Waals surface area contributed by atoms with Crippen molar-refractivity contribution < 1.29 is 9.47 Å². The molecule has 0 saturated carbocycles. The van der Waals surface area contributed by atoms with Gasteiger partial charge in [0.25, 0.3) is 0 Å². The molecule has 1 N–H and O–H groups in total. The maximum absolute atomic E-state index is 5.32. The Kier molecular flexibility index (Phi) is 5.23. The first-order valence-corrected chi connectivity index (χ1v) is 7.11. The third-order valence-electron chi connectivity index (χ3n) is 3.39. The molecule has 3 nitrogen and oxygen atoms in total. The van der Waals surface area contributed by atoms with Crippen molar-refractivity contribution in [3.05, 3.63) is 58.7 Å². The van der Waals surface area contributed by atoms with Crippen LogP contribution in [-0.2, 0) is 13.1 Å². The van der Waals surface area contributed by atoms with E-state index in [4.69, 9.17) is 9.47 Å². The predicted octanol–water partition coefficient (Wildman–Crippen LogP) is 3.61. The lowest BCUT2D eigenvalue weighted by Crippen LogP contribution is -2.13. The average molecular weight is 285 g/mol. The highest BCUT2D eigenvalue weighted by molar-refractivity contribution is 5.42. The van der Waals surface area contributed by atoms with Crippen LogP contribution < -0.4 is 14.8 Å². The molecule has 3 heteroatoms. The van der Waals surface area contributed by atoms with E-state index in [9.17, 15) is 0 Å². The fourth-order valence-corrected chi connectivity index (χ4v) is 2.51. The molecule has 0 aliphatic heterocycles. The van der Waals surface area contributed by atoms with E-state index in [0.29, 0.717) is 0 Å². The van der Waals surface area contributed by atoms with Gasteiger partial charge >= 0.3 is 0 Å². The Balaban J connectivity index is 1.97. The lowest BCUT2D eigenvalue weighted by Gasteiger charge is -2.11. The first-order chi connectivity index (χ1) is 10.1. The molecular formula is C18H23NO2. The summed E-state index contributed by atoms with van der Waals surface area (Å²) in [7, 11) is 3.31. The van der Waals surface area contributed by atoms with Crippen molar-refractivity contribution in [2.75, 3.05) is 14.2 Å². The smallest absolute Gasteiger partial charge is 0.161 e. The van der Waals surface area contributed by atoms with Gasteiger partial charge in [0.15, 0.2) is 11.5 Å². The number of hydrogen-bond donors (Lipinski definition) is 1. The van der Waals surface area contributed by atoms with Gasteiger partial charge in [-0.1, -0.05) is 35.4 Å². The van der Waals surface area contributed by atoms with Crippen LogP contribution in [0.2, 0.25) is 0 Å². The summed E-state index contributed by atoms with van der Waals surface area (Å²) in [5, 5.41) is 3.46. The molecule has 0 bridgehead atoms. The zero-order chi connectivity index (χ0) is 15.2. The van der Waals surface area contributed by atoms with E-state index >= 15 is 0 Å². The Labute approximate surface area is 126 Å². The van der Waals surface area contributed by atoms with E-state index in [1.54, 1.807) is 14.2 Å². The molecule has 112 valence electrons. The van der Waals surface area contributed by atoms with Crippen LogP contribution in [-0.4, -0.2) is 14.2 Å². The van der Waals surface area contributed by atoms with Gasteiger partial charge in [-0.15, -0.1) is 0 Å². The van der Waals surface area contributed by atoms with Crippen LogP contribution in [0.1, 0.15) is 22.3 Å². The third kappa shape index (κ3) is 4.23. The Hall–Kier alpha value is -2.00. The van der Waals surface area contributed by atoms with Gasteiger partial charge < -0.3 is 14.8 Å². The standard InChI is InChI=1S/C18H23NO2/c1-13-7-14(2)9-16(8-13)12-19-11-15-5-6-17(20-3)18(10-15)21-4/h5-10,19H,11-12H2,1-4H3. The average Bonchev–Trinajstić information content (AvgIpc) is 2.46. The predicted molar refractivity (Wildman–Crippen MR) is 86.0 cm³/mol. The molecule has 0 saturated heterocycles. The minimum Gasteiger partial charge on any atom is -0.493 e. The second kappa shape index (κ2) is 7.14. The van der Waals surface area contributed by atoms with Crippen LogP contribution in [0.25, 0.3) is 0 Å². The van der Waals surface area contributed by atoms with E-state index in [2.05, 4.69) is 43.4 Å². The van der Waals surface area contributed by atoms with Gasteiger partial charge in [-0.25, -0.2) is 0 Å². The maximum atomic E-state index is 5.32. The lowest BCUT2D eigenvalue weighted by molar-refractivity contribution is 0.354. The molecule has 0 aliphatic rings. The van der Waals surface area contributed by atoms with Gasteiger partial charge in [-0.05, 0) is 37.1 Å². The fraction of sp³-hybridized carbons (Fsp3) is 0.333. The second-order valence-corrected chi connectivity index (χ2v) is 5.29. The molecule has 0 fully saturated rings. The number of ether oxygens (including phenoxy) is 2. The third-order valence-corrected chi connectivity index (χ3v) is 3.39. The molecule has 2 aromatic rings. The minimum absolute atomic E-state index is 0.760. The number of aryl methyl sites for hydroxylation is 2. The molecule has 2 rings (SSSR count). The van der Waals surface area contributed by atoms with Crippen molar-refractivity contribution in [3.8, 4) is 11.5 Å². The van der Waals surface area contributed by atoms with E-state index in [1.807, 2.05) is 12.1 Å². The SMILES string of the molecule is COc1ccc(CNCc2cc(C)cc(C)c2)cc1OC. The summed E-state index contributed by atoms with van der Waals surface area (Å²) in [6.45, 7) is 5.92. The number of hydrogen-bond acceptors (Lipinski definition) is 3. The van der Waals surface area contributed by atoms with Crippen molar-refractivity contribution in [3.63, 3.8) is 0 Å². The first kappa shape index (κ1) is 15.4. The Morgan fingerprint density at radius 1 is 0.762 bits per heavy atom. The summed E-state index contributed by atoms with van der Waals surface area (Å²) in [5.41, 5.74) is 5.10.